The maximum atomic E-state index is 12.6. The van der Waals surface area contributed by atoms with Gasteiger partial charge in [0.05, 0.1) is 25.5 Å². The Morgan fingerprint density at radius 2 is 2.08 bits per heavy atom. The molecule has 0 unspecified atom stereocenters. The van der Waals surface area contributed by atoms with Crippen LogP contribution in [0, 0.1) is 25.2 Å². The van der Waals surface area contributed by atoms with Gasteiger partial charge in [-0.1, -0.05) is 19.0 Å². The Morgan fingerprint density at radius 3 is 2.75 bits per heavy atom. The van der Waals surface area contributed by atoms with Crippen molar-refractivity contribution in [3.8, 4) is 0 Å². The number of likely N-dealkylation sites (tertiary alicyclic amines) is 1. The molecule has 24 heavy (non-hydrogen) atoms. The third kappa shape index (κ3) is 3.64. The molecule has 1 amide bonds. The summed E-state index contributed by atoms with van der Waals surface area (Å²) in [6.07, 6.45) is 0.574. The lowest BCUT2D eigenvalue weighted by molar-refractivity contribution is -0.128. The standard InChI is InChI=1S/C18H29N3O3/c1-13(2)8-20-5-6-23-12-18(10-20)7-17(22)21(11-18)9-16-14(3)19-24-15(16)4/h13H,5-12H2,1-4H3/t18-/m0/s1. The molecule has 6 nitrogen and oxygen atoms in total. The highest BCUT2D eigenvalue weighted by Crippen LogP contribution is 2.35. The summed E-state index contributed by atoms with van der Waals surface area (Å²) in [5.74, 6) is 1.64. The molecule has 1 aromatic rings. The lowest BCUT2D eigenvalue weighted by atomic mass is 9.87. The van der Waals surface area contributed by atoms with E-state index in [2.05, 4.69) is 23.9 Å². The maximum Gasteiger partial charge on any atom is 0.223 e. The highest BCUT2D eigenvalue weighted by Gasteiger charge is 2.45. The van der Waals surface area contributed by atoms with Crippen LogP contribution >= 0.6 is 0 Å². The monoisotopic (exact) mass is 335 g/mol. The van der Waals surface area contributed by atoms with Crippen molar-refractivity contribution in [3.63, 3.8) is 0 Å². The van der Waals surface area contributed by atoms with Crippen LogP contribution in [0.1, 0.15) is 37.3 Å². The first kappa shape index (κ1) is 17.4. The average molecular weight is 335 g/mol. The van der Waals surface area contributed by atoms with E-state index in [9.17, 15) is 4.79 Å². The second-order valence-electron chi connectivity index (χ2n) is 7.91. The summed E-state index contributed by atoms with van der Waals surface area (Å²) in [5.41, 5.74) is 1.83. The van der Waals surface area contributed by atoms with Gasteiger partial charge >= 0.3 is 0 Å². The van der Waals surface area contributed by atoms with Gasteiger partial charge in [0.1, 0.15) is 5.76 Å². The summed E-state index contributed by atoms with van der Waals surface area (Å²) in [4.78, 5) is 17.1. The van der Waals surface area contributed by atoms with Gasteiger partial charge in [-0.05, 0) is 19.8 Å². The Labute approximate surface area is 144 Å². The average Bonchev–Trinajstić information content (AvgIpc) is 2.88. The van der Waals surface area contributed by atoms with Crippen LogP contribution in [0.15, 0.2) is 4.52 Å². The van der Waals surface area contributed by atoms with Crippen LogP contribution in [0.4, 0.5) is 0 Å². The molecular weight excluding hydrogens is 306 g/mol. The first-order valence-corrected chi connectivity index (χ1v) is 8.88. The summed E-state index contributed by atoms with van der Waals surface area (Å²) in [7, 11) is 0. The lowest BCUT2D eigenvalue weighted by Gasteiger charge is -2.32. The van der Waals surface area contributed by atoms with Crippen LogP contribution in [0.25, 0.3) is 0 Å². The molecule has 0 radical (unpaired) electrons. The summed E-state index contributed by atoms with van der Waals surface area (Å²) >= 11 is 0. The Balaban J connectivity index is 1.72. The zero-order valence-electron chi connectivity index (χ0n) is 15.3. The Morgan fingerprint density at radius 1 is 1.29 bits per heavy atom. The van der Waals surface area contributed by atoms with Gasteiger partial charge in [-0.3, -0.25) is 4.79 Å². The van der Waals surface area contributed by atoms with Crippen LogP contribution < -0.4 is 0 Å². The number of hydrogen-bond acceptors (Lipinski definition) is 5. The van der Waals surface area contributed by atoms with Crippen molar-refractivity contribution in [2.45, 2.75) is 40.7 Å². The number of ether oxygens (including phenoxy) is 1. The SMILES string of the molecule is Cc1noc(C)c1CN1C[C@]2(COCCN(CC(C)C)C2)CC1=O. The van der Waals surface area contributed by atoms with Crippen molar-refractivity contribution in [2.75, 3.05) is 39.4 Å². The molecule has 0 saturated carbocycles. The maximum absolute atomic E-state index is 12.6. The van der Waals surface area contributed by atoms with Crippen LogP contribution in [-0.2, 0) is 16.1 Å². The summed E-state index contributed by atoms with van der Waals surface area (Å²) in [5, 5.41) is 4.00. The minimum absolute atomic E-state index is 0.0819. The van der Waals surface area contributed by atoms with E-state index in [1.165, 1.54) is 0 Å². The molecule has 2 saturated heterocycles. The molecule has 3 rings (SSSR count). The molecule has 0 aliphatic carbocycles. The third-order valence-corrected chi connectivity index (χ3v) is 5.08. The van der Waals surface area contributed by atoms with Crippen LogP contribution in [-0.4, -0.2) is 60.3 Å². The quantitative estimate of drug-likeness (QED) is 0.842. The predicted molar refractivity (Wildman–Crippen MR) is 90.5 cm³/mol. The van der Waals surface area contributed by atoms with Gasteiger partial charge in [-0.25, -0.2) is 0 Å². The minimum atomic E-state index is -0.0819. The van der Waals surface area contributed by atoms with E-state index in [4.69, 9.17) is 9.26 Å². The Kier molecular flexibility index (Phi) is 4.97. The highest BCUT2D eigenvalue weighted by atomic mass is 16.5. The van der Waals surface area contributed by atoms with Crippen molar-refractivity contribution in [2.24, 2.45) is 11.3 Å². The van der Waals surface area contributed by atoms with Crippen molar-refractivity contribution in [3.05, 3.63) is 17.0 Å². The molecule has 0 N–H and O–H groups in total. The van der Waals surface area contributed by atoms with E-state index in [1.807, 2.05) is 18.7 Å². The number of amides is 1. The van der Waals surface area contributed by atoms with E-state index >= 15 is 0 Å². The molecule has 0 aromatic carbocycles. The van der Waals surface area contributed by atoms with Crippen LogP contribution in [0.2, 0.25) is 0 Å². The Bertz CT molecular complexity index is 579. The van der Waals surface area contributed by atoms with E-state index in [1.54, 1.807) is 0 Å². The molecule has 6 heteroatoms. The molecule has 3 heterocycles. The van der Waals surface area contributed by atoms with Gasteiger partial charge in [0, 0.05) is 43.6 Å². The normalized spacial score (nSPS) is 25.9. The highest BCUT2D eigenvalue weighted by molar-refractivity contribution is 5.79. The molecule has 1 spiro atoms. The number of aromatic nitrogens is 1. The molecule has 2 aliphatic rings. The molecule has 1 atom stereocenters. The predicted octanol–water partition coefficient (Wildman–Crippen LogP) is 2.00. The minimum Gasteiger partial charge on any atom is -0.379 e. The second kappa shape index (κ2) is 6.84. The topological polar surface area (TPSA) is 58.8 Å². The van der Waals surface area contributed by atoms with Crippen LogP contribution in [0.5, 0.6) is 0 Å². The van der Waals surface area contributed by atoms with Crippen molar-refractivity contribution in [1.82, 2.24) is 15.0 Å². The van der Waals surface area contributed by atoms with Gasteiger partial charge in [-0.15, -0.1) is 0 Å². The molecule has 1 aromatic heterocycles. The first-order valence-electron chi connectivity index (χ1n) is 8.88. The molecule has 2 aliphatic heterocycles. The van der Waals surface area contributed by atoms with Gasteiger partial charge in [0.15, 0.2) is 0 Å². The van der Waals surface area contributed by atoms with Crippen molar-refractivity contribution >= 4 is 5.91 Å². The molecular formula is C18H29N3O3. The van der Waals surface area contributed by atoms with Gasteiger partial charge < -0.3 is 19.1 Å². The van der Waals surface area contributed by atoms with E-state index in [0.29, 0.717) is 25.5 Å². The van der Waals surface area contributed by atoms with E-state index in [-0.39, 0.29) is 11.3 Å². The lowest BCUT2D eigenvalue weighted by Crippen LogP contribution is -2.41. The fraction of sp³-hybridized carbons (Fsp3) is 0.778. The second-order valence-corrected chi connectivity index (χ2v) is 7.91. The third-order valence-electron chi connectivity index (χ3n) is 5.08. The largest absolute Gasteiger partial charge is 0.379 e. The first-order chi connectivity index (χ1) is 11.4. The van der Waals surface area contributed by atoms with Gasteiger partial charge in [0.2, 0.25) is 5.91 Å². The summed E-state index contributed by atoms with van der Waals surface area (Å²) in [6, 6.07) is 0. The summed E-state index contributed by atoms with van der Waals surface area (Å²) in [6.45, 7) is 14.0. The number of carbonyl (C=O) groups excluding carboxylic acids is 1. The Hall–Kier alpha value is -1.40. The molecule has 2 fully saturated rings. The van der Waals surface area contributed by atoms with E-state index in [0.717, 1.165) is 49.8 Å². The van der Waals surface area contributed by atoms with Crippen molar-refractivity contribution in [1.29, 1.82) is 0 Å². The zero-order valence-corrected chi connectivity index (χ0v) is 15.3. The molecule has 134 valence electrons. The fourth-order valence-electron chi connectivity index (χ4n) is 4.00. The molecule has 0 bridgehead atoms. The van der Waals surface area contributed by atoms with Crippen molar-refractivity contribution < 1.29 is 14.1 Å². The summed E-state index contributed by atoms with van der Waals surface area (Å²) < 4.78 is 11.1. The van der Waals surface area contributed by atoms with Crippen LogP contribution in [0.3, 0.4) is 0 Å². The number of hydrogen-bond donors (Lipinski definition) is 0. The number of nitrogens with zero attached hydrogens (tertiary/aromatic N) is 3. The fourth-order valence-corrected chi connectivity index (χ4v) is 4.00. The number of rotatable bonds is 4. The van der Waals surface area contributed by atoms with Gasteiger partial charge in [0.25, 0.3) is 0 Å². The smallest absolute Gasteiger partial charge is 0.223 e. The number of aryl methyl sites for hydroxylation is 2. The van der Waals surface area contributed by atoms with E-state index < -0.39 is 0 Å². The zero-order chi connectivity index (χ0) is 17.3. The van der Waals surface area contributed by atoms with Gasteiger partial charge in [-0.2, -0.15) is 0 Å². The number of carbonyl (C=O) groups is 1.